The summed E-state index contributed by atoms with van der Waals surface area (Å²) in [7, 11) is 0. The number of ether oxygens (including phenoxy) is 8. The summed E-state index contributed by atoms with van der Waals surface area (Å²) in [4.78, 5) is 39.7. The van der Waals surface area contributed by atoms with Crippen molar-refractivity contribution in [3.63, 3.8) is 0 Å². The molecule has 0 saturated carbocycles. The van der Waals surface area contributed by atoms with Crippen molar-refractivity contribution in [2.45, 2.75) is 79.7 Å². The second-order valence-corrected chi connectivity index (χ2v) is 12.5. The van der Waals surface area contributed by atoms with Crippen LogP contribution in [0.5, 0.6) is 0 Å². The highest BCUT2D eigenvalue weighted by atomic mass is 19.4. The first kappa shape index (κ1) is 64.3. The van der Waals surface area contributed by atoms with E-state index in [9.17, 15) is 115 Å². The van der Waals surface area contributed by atoms with Crippen LogP contribution in [-0.4, -0.2) is 125 Å². The molecule has 71 heavy (non-hydrogen) atoms. The summed E-state index contributed by atoms with van der Waals surface area (Å²) in [5.74, 6) is -4.64. The van der Waals surface area contributed by atoms with E-state index >= 15 is 0 Å². The minimum Gasteiger partial charge on any atom is -0.453 e. The largest absolute Gasteiger partial charge is 0.453 e. The van der Waals surface area contributed by atoms with Gasteiger partial charge in [0, 0.05) is 0 Å². The van der Waals surface area contributed by atoms with Gasteiger partial charge in [-0.3, -0.25) is 0 Å². The van der Waals surface area contributed by atoms with Crippen LogP contribution in [0.15, 0.2) is 56.2 Å². The average Bonchev–Trinajstić information content (AvgIpc) is 3.16. The van der Waals surface area contributed by atoms with E-state index in [1.807, 2.05) is 9.47 Å². The fourth-order valence-corrected chi connectivity index (χ4v) is 3.76. The zero-order valence-corrected chi connectivity index (χ0v) is 33.8. The summed E-state index contributed by atoms with van der Waals surface area (Å²) in [5, 5.41) is 0. The second-order valence-electron chi connectivity index (χ2n) is 12.5. The summed E-state index contributed by atoms with van der Waals surface area (Å²) in [6.07, 6.45) is -79.3. The molecular formula is C33H26F24O14. The van der Waals surface area contributed by atoms with Crippen molar-refractivity contribution in [1.29, 1.82) is 0 Å². The molecule has 0 saturated heterocycles. The highest BCUT2D eigenvalue weighted by Crippen LogP contribution is 2.50. The zero-order valence-electron chi connectivity index (χ0n) is 33.8. The van der Waals surface area contributed by atoms with E-state index in [2.05, 4.69) is 67.7 Å². The van der Waals surface area contributed by atoms with Crippen molar-refractivity contribution in [2.24, 2.45) is 0 Å². The molecule has 0 N–H and O–H groups in total. The van der Waals surface area contributed by atoms with Gasteiger partial charge in [-0.2, -0.15) is 105 Å². The minimum atomic E-state index is -7.38. The molecule has 14 nitrogen and oxygen atoms in total. The van der Waals surface area contributed by atoms with Gasteiger partial charge in [-0.05, 0) is 30.2 Å². The van der Waals surface area contributed by atoms with E-state index in [1.54, 1.807) is 0 Å². The Hall–Kier alpha value is -4.70. The fourth-order valence-electron chi connectivity index (χ4n) is 3.76. The Morgan fingerprint density at radius 3 is 0.873 bits per heavy atom. The topological polar surface area (TPSA) is 145 Å². The lowest BCUT2D eigenvalue weighted by Gasteiger charge is -2.34. The lowest BCUT2D eigenvalue weighted by atomic mass is 10.0. The van der Waals surface area contributed by atoms with E-state index in [0.29, 0.717) is 12.1 Å². The van der Waals surface area contributed by atoms with E-state index in [1.165, 1.54) is 0 Å². The van der Waals surface area contributed by atoms with E-state index in [0.717, 1.165) is 18.2 Å². The molecule has 0 aliphatic carbocycles. The Kier molecular flexibility index (Phi) is 21.2. The van der Waals surface area contributed by atoms with Gasteiger partial charge in [0.15, 0.2) is 26.4 Å². The van der Waals surface area contributed by atoms with Gasteiger partial charge in [-0.15, -0.1) is 19.7 Å². The second kappa shape index (κ2) is 23.4. The van der Waals surface area contributed by atoms with Gasteiger partial charge in [0.2, 0.25) is 0 Å². The van der Waals surface area contributed by atoms with Crippen molar-refractivity contribution >= 4 is 11.9 Å². The molecule has 0 aliphatic heterocycles. The monoisotopic (exact) mass is 1100 g/mol. The zero-order chi connectivity index (χ0) is 55.6. The number of benzene rings is 1. The van der Waals surface area contributed by atoms with Crippen LogP contribution in [0.2, 0.25) is 0 Å². The third-order valence-corrected chi connectivity index (χ3v) is 6.56. The van der Waals surface area contributed by atoms with Gasteiger partial charge < -0.3 is 9.47 Å². The minimum absolute atomic E-state index is 0.0328. The molecule has 1 aromatic rings. The summed E-state index contributed by atoms with van der Waals surface area (Å²) >= 11 is 0. The van der Waals surface area contributed by atoms with Gasteiger partial charge in [0.1, 0.15) is 13.2 Å². The third-order valence-electron chi connectivity index (χ3n) is 6.56. The molecule has 0 radical (unpaired) electrons. The summed E-state index contributed by atoms with van der Waals surface area (Å²) in [5.41, 5.74) is -3.12. The van der Waals surface area contributed by atoms with Crippen LogP contribution in [0.1, 0.15) is 26.3 Å². The maximum Gasteiger partial charge on any atom is 0.453 e. The molecule has 1 aromatic carbocycles. The quantitative estimate of drug-likeness (QED) is 0.0161. The number of hydrogen-bond acceptors (Lipinski definition) is 14. The van der Waals surface area contributed by atoms with Gasteiger partial charge in [-0.1, -0.05) is 18.2 Å². The molecule has 0 amide bonds. The Labute approximate surface area is 377 Å². The number of carbonyl (C=O) groups is 2. The molecule has 0 spiro atoms. The van der Waals surface area contributed by atoms with Crippen molar-refractivity contribution in [3.8, 4) is 0 Å². The van der Waals surface area contributed by atoms with Crippen molar-refractivity contribution in [3.05, 3.63) is 72.9 Å². The first-order valence-electron chi connectivity index (χ1n) is 17.3. The maximum absolute atomic E-state index is 14.2. The number of esters is 2. The van der Waals surface area contributed by atoms with Crippen LogP contribution in [0.25, 0.3) is 0 Å². The predicted octanol–water partition coefficient (Wildman–Crippen LogP) is 10.2. The Morgan fingerprint density at radius 2 is 0.620 bits per heavy atom. The fraction of sp³-hybridized carbons (Fsp3) is 0.576. The van der Waals surface area contributed by atoms with E-state index in [4.69, 9.17) is 0 Å². The summed E-state index contributed by atoms with van der Waals surface area (Å²) in [6.45, 7) is -3.47. The summed E-state index contributed by atoms with van der Waals surface area (Å²) < 4.78 is 353. The van der Waals surface area contributed by atoms with Crippen LogP contribution < -0.4 is 0 Å². The molecule has 410 valence electrons. The molecule has 0 aliphatic rings. The van der Waals surface area contributed by atoms with Crippen LogP contribution in [0.3, 0.4) is 0 Å². The Bertz CT molecular complexity index is 1840. The van der Waals surface area contributed by atoms with Crippen molar-refractivity contribution in [2.75, 3.05) is 39.6 Å². The normalized spacial score (nSPS) is 14.3. The lowest BCUT2D eigenvalue weighted by molar-refractivity contribution is -0.559. The molecule has 0 fully saturated rings. The van der Waals surface area contributed by atoms with Gasteiger partial charge in [-0.25, -0.2) is 57.6 Å². The lowest BCUT2D eigenvalue weighted by Crippen LogP contribution is -2.58. The standard InChI is InChI=1S/C33H26F24O14/c1-4-7-17-10-18(20(58)60-13-22(34,35)66-26(42,43)30(50,51)70-32(54,55)28(46,47)68-24(38,39)15-64-62-8-5-2)12-19(11-17)21(59)61-14-23(36,37)67-27(44,45)31(52,53)71-33(56,57)29(48,49)69-25(40,41)16-65-63-9-6-3/h4-6,10-12H,1-3,7-9,13-16H2. The SMILES string of the molecule is C=CCOOCC(F)(F)OC(F)(F)C(F)(F)OC(F)(F)C(F)(F)OC(F)(F)COC(=O)c1cc(CC=C)cc(C(=O)OCC(F)(F)OC(F)(F)C(F)(F)OC(F)(F)C(F)(F)OC(F)(F)COOCC=C)c1. The van der Waals surface area contributed by atoms with Gasteiger partial charge >= 0.3 is 85.2 Å². The van der Waals surface area contributed by atoms with Crippen molar-refractivity contribution < 1.29 is 172 Å². The molecule has 0 heterocycles. The van der Waals surface area contributed by atoms with Gasteiger partial charge in [0.25, 0.3) is 0 Å². The molecule has 38 heteroatoms. The number of halogens is 24. The predicted molar refractivity (Wildman–Crippen MR) is 171 cm³/mol. The highest BCUT2D eigenvalue weighted by Gasteiger charge is 2.75. The number of hydrogen-bond donors (Lipinski definition) is 0. The Morgan fingerprint density at radius 1 is 0.366 bits per heavy atom. The first-order chi connectivity index (χ1) is 31.8. The van der Waals surface area contributed by atoms with Gasteiger partial charge in [0.05, 0.1) is 11.1 Å². The van der Waals surface area contributed by atoms with E-state index < -0.39 is 148 Å². The van der Waals surface area contributed by atoms with Crippen LogP contribution in [0.4, 0.5) is 105 Å². The van der Waals surface area contributed by atoms with E-state index in [-0.39, 0.29) is 6.07 Å². The molecule has 0 bridgehead atoms. The number of allylic oxidation sites excluding steroid dienone is 1. The number of carbonyl (C=O) groups excluding carboxylic acids is 2. The third kappa shape index (κ3) is 19.3. The molecule has 0 unspecified atom stereocenters. The maximum atomic E-state index is 14.2. The smallest absolute Gasteiger partial charge is 0.453 e. The number of alkyl halides is 24. The molecule has 0 atom stereocenters. The highest BCUT2D eigenvalue weighted by molar-refractivity contribution is 5.95. The number of rotatable bonds is 34. The summed E-state index contributed by atoms with van der Waals surface area (Å²) in [6, 6.07) is 0.983. The molecular weight excluding hydrogens is 1080 g/mol. The molecule has 1 rings (SSSR count). The van der Waals surface area contributed by atoms with Crippen molar-refractivity contribution in [1.82, 2.24) is 0 Å². The Balaban J connectivity index is 3.16. The van der Waals surface area contributed by atoms with Crippen LogP contribution >= 0.6 is 0 Å². The van der Waals surface area contributed by atoms with Crippen LogP contribution in [-0.2, 0) is 63.9 Å². The first-order valence-corrected chi connectivity index (χ1v) is 17.3. The average molecular weight is 1100 g/mol. The van der Waals surface area contributed by atoms with Crippen LogP contribution in [0, 0.1) is 0 Å². The molecule has 0 aromatic heterocycles.